The van der Waals surface area contributed by atoms with E-state index in [-0.39, 0.29) is 18.9 Å². The summed E-state index contributed by atoms with van der Waals surface area (Å²) < 4.78 is 5.14. The topological polar surface area (TPSA) is 46.6 Å². The van der Waals surface area contributed by atoms with E-state index in [0.717, 1.165) is 5.56 Å². The molecule has 0 saturated heterocycles. The Labute approximate surface area is 157 Å². The Morgan fingerprint density at radius 1 is 1.08 bits per heavy atom. The molecule has 1 amide bonds. The molecule has 0 heterocycles. The molecule has 0 radical (unpaired) electrons. The summed E-state index contributed by atoms with van der Waals surface area (Å²) in [6.45, 7) is 1.98. The fourth-order valence-corrected chi connectivity index (χ4v) is 2.79. The molecule has 0 aromatic heterocycles. The molecular weight excluding hydrogens is 361 g/mol. The predicted octanol–water partition coefficient (Wildman–Crippen LogP) is 4.30. The van der Waals surface area contributed by atoms with E-state index in [1.54, 1.807) is 44.3 Å². The van der Waals surface area contributed by atoms with Crippen molar-refractivity contribution in [2.45, 2.75) is 19.4 Å². The number of halogens is 2. The Morgan fingerprint density at radius 2 is 1.76 bits per heavy atom. The summed E-state index contributed by atoms with van der Waals surface area (Å²) in [5.74, 6) is -0.681. The average Bonchev–Trinajstić information content (AvgIpc) is 2.59. The molecule has 0 saturated carbocycles. The van der Waals surface area contributed by atoms with Crippen LogP contribution in [0.1, 0.15) is 24.1 Å². The zero-order valence-electron chi connectivity index (χ0n) is 14.0. The first-order valence-electron chi connectivity index (χ1n) is 7.85. The van der Waals surface area contributed by atoms with Gasteiger partial charge in [0.2, 0.25) is 5.91 Å². The molecule has 0 bridgehead atoms. The summed E-state index contributed by atoms with van der Waals surface area (Å²) in [6, 6.07) is 13.3. The van der Waals surface area contributed by atoms with Gasteiger partial charge in [-0.25, -0.2) is 4.79 Å². The Balaban J connectivity index is 2.22. The van der Waals surface area contributed by atoms with Crippen molar-refractivity contribution in [1.82, 2.24) is 4.90 Å². The monoisotopic (exact) mass is 379 g/mol. The smallest absolute Gasteiger partial charge is 0.333 e. The van der Waals surface area contributed by atoms with E-state index in [4.69, 9.17) is 27.9 Å². The minimum atomic E-state index is -0.795. The van der Waals surface area contributed by atoms with Crippen LogP contribution in [0, 0.1) is 0 Å². The van der Waals surface area contributed by atoms with Gasteiger partial charge in [-0.3, -0.25) is 4.79 Å². The van der Waals surface area contributed by atoms with E-state index >= 15 is 0 Å². The minimum absolute atomic E-state index is 0.107. The van der Waals surface area contributed by atoms with Crippen LogP contribution in [0.2, 0.25) is 10.0 Å². The molecule has 0 aliphatic carbocycles. The van der Waals surface area contributed by atoms with Crippen molar-refractivity contribution >= 4 is 35.1 Å². The van der Waals surface area contributed by atoms with Gasteiger partial charge in [0.25, 0.3) is 0 Å². The molecule has 2 aromatic rings. The lowest BCUT2D eigenvalue weighted by Crippen LogP contribution is -2.37. The van der Waals surface area contributed by atoms with Crippen LogP contribution in [0.3, 0.4) is 0 Å². The van der Waals surface area contributed by atoms with Gasteiger partial charge in [-0.15, -0.1) is 0 Å². The first-order valence-corrected chi connectivity index (χ1v) is 8.60. The van der Waals surface area contributed by atoms with Crippen LogP contribution >= 0.6 is 23.2 Å². The number of nitrogens with zero attached hydrogens (tertiary/aromatic N) is 1. The minimum Gasteiger partial charge on any atom is -0.464 e. The number of carbonyl (C=O) groups excluding carboxylic acids is 2. The summed E-state index contributed by atoms with van der Waals surface area (Å²) in [5, 5.41) is 0.819. The molecule has 2 rings (SSSR count). The maximum atomic E-state index is 12.7. The van der Waals surface area contributed by atoms with E-state index in [9.17, 15) is 9.59 Å². The quantitative estimate of drug-likeness (QED) is 0.702. The van der Waals surface area contributed by atoms with Gasteiger partial charge in [0.05, 0.1) is 23.1 Å². The van der Waals surface area contributed by atoms with E-state index in [1.807, 2.05) is 18.2 Å². The maximum Gasteiger partial charge on any atom is 0.333 e. The second kappa shape index (κ2) is 8.88. The SMILES string of the molecule is CCOC(=O)C(c1ccccc1)N(C)C(=O)Cc1ccc(Cl)c(Cl)c1. The number of carbonyl (C=O) groups is 2. The van der Waals surface area contributed by atoms with Crippen molar-refractivity contribution in [2.75, 3.05) is 13.7 Å². The number of amides is 1. The number of esters is 1. The van der Waals surface area contributed by atoms with E-state index in [1.165, 1.54) is 4.90 Å². The molecule has 0 N–H and O–H groups in total. The lowest BCUT2D eigenvalue weighted by molar-refractivity contribution is -0.154. The van der Waals surface area contributed by atoms with Crippen molar-refractivity contribution < 1.29 is 14.3 Å². The molecule has 25 heavy (non-hydrogen) atoms. The molecular formula is C19H19Cl2NO3. The standard InChI is InChI=1S/C19H19Cl2NO3/c1-3-25-19(24)18(14-7-5-4-6-8-14)22(2)17(23)12-13-9-10-15(20)16(21)11-13/h4-11,18H,3,12H2,1-2H3. The highest BCUT2D eigenvalue weighted by Gasteiger charge is 2.29. The van der Waals surface area contributed by atoms with Crippen LogP contribution in [-0.4, -0.2) is 30.4 Å². The summed E-state index contributed by atoms with van der Waals surface area (Å²) in [7, 11) is 1.59. The molecule has 0 aliphatic heterocycles. The number of benzene rings is 2. The predicted molar refractivity (Wildman–Crippen MR) is 98.8 cm³/mol. The molecule has 0 spiro atoms. The third kappa shape index (κ3) is 4.97. The fraction of sp³-hybridized carbons (Fsp3) is 0.263. The van der Waals surface area contributed by atoms with Gasteiger partial charge in [0, 0.05) is 7.05 Å². The normalized spacial score (nSPS) is 11.7. The van der Waals surface area contributed by atoms with Crippen LogP contribution in [-0.2, 0) is 20.7 Å². The highest BCUT2D eigenvalue weighted by molar-refractivity contribution is 6.42. The third-order valence-electron chi connectivity index (χ3n) is 3.75. The van der Waals surface area contributed by atoms with Crippen molar-refractivity contribution in [3.8, 4) is 0 Å². The first kappa shape index (κ1) is 19.3. The number of rotatable bonds is 6. The van der Waals surface area contributed by atoms with Crippen molar-refractivity contribution in [3.05, 3.63) is 69.7 Å². The largest absolute Gasteiger partial charge is 0.464 e. The van der Waals surface area contributed by atoms with E-state index < -0.39 is 12.0 Å². The van der Waals surface area contributed by atoms with Crippen LogP contribution in [0.25, 0.3) is 0 Å². The Bertz CT molecular complexity index is 750. The van der Waals surface area contributed by atoms with Gasteiger partial charge in [0.15, 0.2) is 6.04 Å². The average molecular weight is 380 g/mol. The number of hydrogen-bond donors (Lipinski definition) is 0. The lowest BCUT2D eigenvalue weighted by Gasteiger charge is -2.27. The molecule has 0 fully saturated rings. The second-order valence-corrected chi connectivity index (χ2v) is 6.31. The molecule has 0 aliphatic rings. The van der Waals surface area contributed by atoms with E-state index in [0.29, 0.717) is 15.6 Å². The molecule has 2 aromatic carbocycles. The first-order chi connectivity index (χ1) is 11.9. The summed E-state index contributed by atoms with van der Waals surface area (Å²) in [6.07, 6.45) is 0.107. The van der Waals surface area contributed by atoms with Crippen LogP contribution < -0.4 is 0 Å². The van der Waals surface area contributed by atoms with Gasteiger partial charge in [-0.05, 0) is 30.2 Å². The van der Waals surface area contributed by atoms with Gasteiger partial charge < -0.3 is 9.64 Å². The molecule has 1 unspecified atom stereocenters. The lowest BCUT2D eigenvalue weighted by atomic mass is 10.0. The van der Waals surface area contributed by atoms with Crippen molar-refractivity contribution in [3.63, 3.8) is 0 Å². The molecule has 132 valence electrons. The highest BCUT2D eigenvalue weighted by atomic mass is 35.5. The number of likely N-dealkylation sites (N-methyl/N-ethyl adjacent to an activating group) is 1. The molecule has 1 atom stereocenters. The number of hydrogen-bond acceptors (Lipinski definition) is 3. The van der Waals surface area contributed by atoms with Crippen molar-refractivity contribution in [1.29, 1.82) is 0 Å². The Morgan fingerprint density at radius 3 is 2.36 bits per heavy atom. The summed E-state index contributed by atoms with van der Waals surface area (Å²) in [4.78, 5) is 26.5. The third-order valence-corrected chi connectivity index (χ3v) is 4.48. The van der Waals surface area contributed by atoms with Gasteiger partial charge in [0.1, 0.15) is 0 Å². The van der Waals surface area contributed by atoms with Crippen LogP contribution in [0.5, 0.6) is 0 Å². The molecule has 6 heteroatoms. The summed E-state index contributed by atoms with van der Waals surface area (Å²) >= 11 is 11.9. The zero-order chi connectivity index (χ0) is 18.4. The van der Waals surface area contributed by atoms with Gasteiger partial charge in [-0.1, -0.05) is 59.6 Å². The molecule has 4 nitrogen and oxygen atoms in total. The van der Waals surface area contributed by atoms with Crippen LogP contribution in [0.4, 0.5) is 0 Å². The maximum absolute atomic E-state index is 12.7. The fourth-order valence-electron chi connectivity index (χ4n) is 2.47. The second-order valence-electron chi connectivity index (χ2n) is 5.50. The number of ether oxygens (including phenoxy) is 1. The zero-order valence-corrected chi connectivity index (χ0v) is 15.6. The van der Waals surface area contributed by atoms with E-state index in [2.05, 4.69) is 0 Å². The Hall–Kier alpha value is -2.04. The van der Waals surface area contributed by atoms with Crippen molar-refractivity contribution in [2.24, 2.45) is 0 Å². The summed E-state index contributed by atoms with van der Waals surface area (Å²) in [5.41, 5.74) is 1.42. The Kier molecular flexibility index (Phi) is 6.85. The van der Waals surface area contributed by atoms with Crippen LogP contribution in [0.15, 0.2) is 48.5 Å². The highest BCUT2D eigenvalue weighted by Crippen LogP contribution is 2.25. The van der Waals surface area contributed by atoms with Gasteiger partial charge >= 0.3 is 5.97 Å². The van der Waals surface area contributed by atoms with Gasteiger partial charge in [-0.2, -0.15) is 0 Å².